The average molecular weight is 214 g/mol. The summed E-state index contributed by atoms with van der Waals surface area (Å²) in [6.07, 6.45) is 2.77. The maximum absolute atomic E-state index is 5.72. The molecule has 2 aromatic rings. The van der Waals surface area contributed by atoms with Crippen LogP contribution in [-0.4, -0.2) is 22.6 Å². The second kappa shape index (κ2) is 4.06. The lowest BCUT2D eigenvalue weighted by molar-refractivity contribution is 0.215. The van der Waals surface area contributed by atoms with Crippen molar-refractivity contribution in [2.24, 2.45) is 0 Å². The van der Waals surface area contributed by atoms with Gasteiger partial charge in [0.05, 0.1) is 17.2 Å². The van der Waals surface area contributed by atoms with Crippen molar-refractivity contribution in [1.29, 1.82) is 0 Å². The fourth-order valence-corrected chi connectivity index (χ4v) is 1.77. The molecule has 1 saturated heterocycles. The Morgan fingerprint density at radius 2 is 2.12 bits per heavy atom. The van der Waals surface area contributed by atoms with Gasteiger partial charge in [-0.05, 0) is 12.1 Å². The summed E-state index contributed by atoms with van der Waals surface area (Å²) >= 11 is 0. The lowest BCUT2D eigenvalue weighted by atomic mass is 10.3. The molecule has 16 heavy (non-hydrogen) atoms. The van der Waals surface area contributed by atoms with Crippen molar-refractivity contribution in [1.82, 2.24) is 15.3 Å². The molecule has 3 rings (SSSR count). The van der Waals surface area contributed by atoms with Gasteiger partial charge in [-0.25, -0.2) is 9.97 Å². The number of ether oxygens (including phenoxy) is 1. The Bertz CT molecular complexity index is 494. The highest BCUT2D eigenvalue weighted by Gasteiger charge is 2.16. The molecule has 1 atom stereocenters. The van der Waals surface area contributed by atoms with E-state index in [2.05, 4.69) is 15.3 Å². The van der Waals surface area contributed by atoms with E-state index in [1.807, 2.05) is 30.8 Å². The normalized spacial score (nSPS) is 20.1. The van der Waals surface area contributed by atoms with Gasteiger partial charge in [0.25, 0.3) is 0 Å². The minimum atomic E-state index is 0.176. The van der Waals surface area contributed by atoms with Crippen molar-refractivity contribution >= 4 is 11.0 Å². The fraction of sp³-hybridized carbons (Fsp3) is 0.250. The van der Waals surface area contributed by atoms with Crippen LogP contribution in [0.4, 0.5) is 0 Å². The van der Waals surface area contributed by atoms with Crippen LogP contribution in [0.25, 0.3) is 11.0 Å². The van der Waals surface area contributed by atoms with Gasteiger partial charge >= 0.3 is 0 Å². The third-order valence-electron chi connectivity index (χ3n) is 2.58. The molecule has 1 N–H and O–H groups in total. The van der Waals surface area contributed by atoms with E-state index in [1.54, 1.807) is 6.20 Å². The Morgan fingerprint density at radius 1 is 1.25 bits per heavy atom. The van der Waals surface area contributed by atoms with Crippen LogP contribution in [0, 0.1) is 6.54 Å². The first-order valence-corrected chi connectivity index (χ1v) is 5.35. The second-order valence-electron chi connectivity index (χ2n) is 3.78. The van der Waals surface area contributed by atoms with E-state index in [9.17, 15) is 0 Å². The highest BCUT2D eigenvalue weighted by atomic mass is 16.5. The molecule has 1 unspecified atom stereocenters. The van der Waals surface area contributed by atoms with Gasteiger partial charge in [-0.2, -0.15) is 0 Å². The number of hydrogen-bond donors (Lipinski definition) is 1. The smallest absolute Gasteiger partial charge is 0.233 e. The van der Waals surface area contributed by atoms with E-state index < -0.39 is 0 Å². The van der Waals surface area contributed by atoms with E-state index in [1.165, 1.54) is 0 Å². The summed E-state index contributed by atoms with van der Waals surface area (Å²) in [6.45, 7) is 2.85. The largest absolute Gasteiger partial charge is 0.472 e. The summed E-state index contributed by atoms with van der Waals surface area (Å²) in [6, 6.07) is 7.78. The fourth-order valence-electron chi connectivity index (χ4n) is 1.77. The molecule has 4 heteroatoms. The zero-order valence-electron chi connectivity index (χ0n) is 8.76. The summed E-state index contributed by atoms with van der Waals surface area (Å²) in [5.74, 6) is 0.598. The van der Waals surface area contributed by atoms with Crippen molar-refractivity contribution in [2.45, 2.75) is 12.5 Å². The Labute approximate surface area is 93.7 Å². The van der Waals surface area contributed by atoms with Crippen LogP contribution < -0.4 is 10.1 Å². The molecule has 0 aliphatic carbocycles. The van der Waals surface area contributed by atoms with Gasteiger partial charge in [-0.15, -0.1) is 0 Å². The number of nitrogens with zero attached hydrogens (tertiary/aromatic N) is 2. The Morgan fingerprint density at radius 3 is 2.94 bits per heavy atom. The summed E-state index contributed by atoms with van der Waals surface area (Å²) in [5.41, 5.74) is 1.76. The molecule has 0 amide bonds. The topological polar surface area (TPSA) is 47.0 Å². The van der Waals surface area contributed by atoms with Gasteiger partial charge in [0.1, 0.15) is 6.10 Å². The quantitative estimate of drug-likeness (QED) is 0.823. The van der Waals surface area contributed by atoms with Gasteiger partial charge < -0.3 is 10.1 Å². The molecule has 4 nitrogen and oxygen atoms in total. The maximum atomic E-state index is 5.72. The molecule has 0 bridgehead atoms. The number of fused-ring (bicyclic) bond motifs is 1. The van der Waals surface area contributed by atoms with Crippen LogP contribution in [0.5, 0.6) is 5.88 Å². The molecule has 1 radical (unpaired) electrons. The van der Waals surface area contributed by atoms with Crippen LogP contribution >= 0.6 is 0 Å². The van der Waals surface area contributed by atoms with Gasteiger partial charge in [0.15, 0.2) is 0 Å². The number of aromatic nitrogens is 2. The van der Waals surface area contributed by atoms with E-state index in [0.29, 0.717) is 5.88 Å². The summed E-state index contributed by atoms with van der Waals surface area (Å²) in [4.78, 5) is 8.72. The standard InChI is InChI=1S/C12H12N3O/c1-2-4-11-10(3-1)14-8-12(15-11)16-9-5-6-13-7-9/h1-4,6,8-9,13H,5,7H2. The van der Waals surface area contributed by atoms with Crippen molar-refractivity contribution in [3.63, 3.8) is 0 Å². The van der Waals surface area contributed by atoms with Gasteiger partial charge in [0, 0.05) is 19.5 Å². The number of hydrogen-bond acceptors (Lipinski definition) is 4. The molecular formula is C12H12N3O. The molecule has 0 saturated carbocycles. The minimum Gasteiger partial charge on any atom is -0.472 e. The molecule has 81 valence electrons. The van der Waals surface area contributed by atoms with Crippen molar-refractivity contribution in [3.05, 3.63) is 37.0 Å². The SMILES string of the molecule is [CH]1CC(Oc2cnc3ccccc3n2)CN1. The van der Waals surface area contributed by atoms with Crippen LogP contribution in [0.3, 0.4) is 0 Å². The van der Waals surface area contributed by atoms with Crippen LogP contribution in [0.1, 0.15) is 6.42 Å². The Balaban J connectivity index is 1.86. The van der Waals surface area contributed by atoms with Crippen LogP contribution in [0.2, 0.25) is 0 Å². The zero-order valence-corrected chi connectivity index (χ0v) is 8.76. The van der Waals surface area contributed by atoms with E-state index in [0.717, 1.165) is 24.0 Å². The molecular weight excluding hydrogens is 202 g/mol. The van der Waals surface area contributed by atoms with Crippen molar-refractivity contribution in [3.8, 4) is 5.88 Å². The van der Waals surface area contributed by atoms with E-state index in [-0.39, 0.29) is 6.10 Å². The molecule has 1 aliphatic rings. The molecule has 1 aromatic heterocycles. The number of nitrogens with one attached hydrogen (secondary N) is 1. The van der Waals surface area contributed by atoms with Crippen molar-refractivity contribution in [2.75, 3.05) is 6.54 Å². The predicted octanol–water partition coefficient (Wildman–Crippen LogP) is 1.53. The van der Waals surface area contributed by atoms with E-state index in [4.69, 9.17) is 4.74 Å². The summed E-state index contributed by atoms with van der Waals surface area (Å²) < 4.78 is 5.72. The van der Waals surface area contributed by atoms with Crippen molar-refractivity contribution < 1.29 is 4.74 Å². The summed E-state index contributed by atoms with van der Waals surface area (Å²) in [5, 5.41) is 3.13. The first-order valence-electron chi connectivity index (χ1n) is 5.35. The van der Waals surface area contributed by atoms with E-state index >= 15 is 0 Å². The number of rotatable bonds is 2. The number of benzene rings is 1. The Kier molecular flexibility index (Phi) is 2.42. The first-order chi connectivity index (χ1) is 7.92. The molecule has 2 heterocycles. The highest BCUT2D eigenvalue weighted by molar-refractivity contribution is 5.73. The van der Waals surface area contributed by atoms with Crippen LogP contribution in [0.15, 0.2) is 30.5 Å². The minimum absolute atomic E-state index is 0.176. The number of para-hydroxylation sites is 2. The third-order valence-corrected chi connectivity index (χ3v) is 2.58. The van der Waals surface area contributed by atoms with Gasteiger partial charge in [-0.1, -0.05) is 12.1 Å². The monoisotopic (exact) mass is 214 g/mol. The molecule has 0 spiro atoms. The van der Waals surface area contributed by atoms with Crippen LogP contribution in [-0.2, 0) is 0 Å². The Hall–Kier alpha value is -1.68. The zero-order chi connectivity index (χ0) is 10.8. The summed E-state index contributed by atoms with van der Waals surface area (Å²) in [7, 11) is 0. The lowest BCUT2D eigenvalue weighted by Crippen LogP contribution is -2.20. The second-order valence-corrected chi connectivity index (χ2v) is 3.78. The predicted molar refractivity (Wildman–Crippen MR) is 60.9 cm³/mol. The van der Waals surface area contributed by atoms with Gasteiger partial charge in [-0.3, -0.25) is 0 Å². The molecule has 1 aliphatic heterocycles. The van der Waals surface area contributed by atoms with Gasteiger partial charge in [0.2, 0.25) is 5.88 Å². The first kappa shape index (κ1) is 9.54. The average Bonchev–Trinajstić information content (AvgIpc) is 2.82. The molecule has 1 aromatic carbocycles. The highest BCUT2D eigenvalue weighted by Crippen LogP contribution is 2.16. The maximum Gasteiger partial charge on any atom is 0.233 e. The molecule has 1 fully saturated rings. The lowest BCUT2D eigenvalue weighted by Gasteiger charge is -2.10. The third kappa shape index (κ3) is 1.84.